The number of aliphatic carboxylic acids is 1. The van der Waals surface area contributed by atoms with E-state index in [1.54, 1.807) is 0 Å². The molecule has 5 nitrogen and oxygen atoms in total. The van der Waals surface area contributed by atoms with E-state index in [9.17, 15) is 4.79 Å². The highest BCUT2D eigenvalue weighted by atomic mass is 32.1. The van der Waals surface area contributed by atoms with E-state index in [0.29, 0.717) is 31.0 Å². The van der Waals surface area contributed by atoms with Gasteiger partial charge in [-0.1, -0.05) is 0 Å². The van der Waals surface area contributed by atoms with Crippen LogP contribution in [0.5, 0.6) is 0 Å². The van der Waals surface area contributed by atoms with Crippen LogP contribution in [0.15, 0.2) is 0 Å². The highest BCUT2D eigenvalue weighted by Gasteiger charge is 2.25. The number of piperidine rings is 1. The van der Waals surface area contributed by atoms with Crippen molar-refractivity contribution in [1.82, 2.24) is 10.3 Å². The quantitative estimate of drug-likeness (QED) is 0.304. The molecule has 0 atom stereocenters. The monoisotopic (exact) mass is 203 g/mol. The predicted molar refractivity (Wildman–Crippen MR) is 51.9 cm³/mol. The number of carboxylic acid groups (broad SMARTS) is 1. The van der Waals surface area contributed by atoms with E-state index in [1.807, 2.05) is 4.90 Å². The third-order valence-electron chi connectivity index (χ3n) is 2.25. The molecule has 0 radical (unpaired) electrons. The number of hydrogen-bond acceptors (Lipinski definition) is 3. The zero-order chi connectivity index (χ0) is 9.84. The second kappa shape index (κ2) is 4.38. The summed E-state index contributed by atoms with van der Waals surface area (Å²) in [4.78, 5) is 12.5. The average Bonchev–Trinajstić information content (AvgIpc) is 2.17. The molecule has 0 saturated carbocycles. The Morgan fingerprint density at radius 3 is 2.46 bits per heavy atom. The Morgan fingerprint density at radius 1 is 1.54 bits per heavy atom. The van der Waals surface area contributed by atoms with Gasteiger partial charge in [0, 0.05) is 13.1 Å². The minimum atomic E-state index is -0.716. The molecule has 74 valence electrons. The summed E-state index contributed by atoms with van der Waals surface area (Å²) in [6.45, 7) is 1.33. The molecule has 0 spiro atoms. The smallest absolute Gasteiger partial charge is 0.306 e. The number of thiocarbonyl (C=S) groups is 1. The predicted octanol–water partition coefficient (Wildman–Crippen LogP) is -0.469. The molecule has 0 aromatic carbocycles. The lowest BCUT2D eigenvalue weighted by molar-refractivity contribution is -0.143. The molecule has 0 unspecified atom stereocenters. The lowest BCUT2D eigenvalue weighted by Gasteiger charge is -2.31. The topological polar surface area (TPSA) is 78.6 Å². The summed E-state index contributed by atoms with van der Waals surface area (Å²) in [5.41, 5.74) is 2.39. The standard InChI is InChI=1S/C7H13N3O2S/c8-9-7(13)10-3-1-5(2-4-10)6(11)12/h5H,1-4,8H2,(H,9,13)(H,11,12). The van der Waals surface area contributed by atoms with Crippen LogP contribution < -0.4 is 11.3 Å². The van der Waals surface area contributed by atoms with Crippen molar-refractivity contribution in [3.05, 3.63) is 0 Å². The molecule has 1 heterocycles. The van der Waals surface area contributed by atoms with Gasteiger partial charge in [-0.2, -0.15) is 0 Å². The Bertz CT molecular complexity index is 214. The molecule has 0 aromatic heterocycles. The van der Waals surface area contributed by atoms with Gasteiger partial charge in [-0.25, -0.2) is 5.84 Å². The summed E-state index contributed by atoms with van der Waals surface area (Å²) >= 11 is 4.92. The molecular formula is C7H13N3O2S. The average molecular weight is 203 g/mol. The highest BCUT2D eigenvalue weighted by Crippen LogP contribution is 2.16. The van der Waals surface area contributed by atoms with Crippen LogP contribution in [0, 0.1) is 5.92 Å². The van der Waals surface area contributed by atoms with Crippen molar-refractivity contribution in [2.75, 3.05) is 13.1 Å². The molecule has 1 saturated heterocycles. The minimum Gasteiger partial charge on any atom is -0.481 e. The van der Waals surface area contributed by atoms with Gasteiger partial charge in [0.05, 0.1) is 5.92 Å². The first-order valence-electron chi connectivity index (χ1n) is 4.13. The highest BCUT2D eigenvalue weighted by molar-refractivity contribution is 7.80. The molecule has 0 aromatic rings. The number of rotatable bonds is 1. The maximum absolute atomic E-state index is 10.6. The van der Waals surface area contributed by atoms with Gasteiger partial charge in [0.1, 0.15) is 0 Å². The van der Waals surface area contributed by atoms with Gasteiger partial charge in [-0.05, 0) is 25.1 Å². The maximum atomic E-state index is 10.6. The van der Waals surface area contributed by atoms with Gasteiger partial charge >= 0.3 is 5.97 Å². The van der Waals surface area contributed by atoms with E-state index >= 15 is 0 Å². The van der Waals surface area contributed by atoms with Crippen molar-refractivity contribution >= 4 is 23.3 Å². The van der Waals surface area contributed by atoms with E-state index in [2.05, 4.69) is 5.43 Å². The number of nitrogens with zero attached hydrogens (tertiary/aromatic N) is 1. The molecule has 1 aliphatic heterocycles. The van der Waals surface area contributed by atoms with Crippen LogP contribution in [0.4, 0.5) is 0 Å². The molecule has 0 aliphatic carbocycles. The minimum absolute atomic E-state index is 0.225. The Morgan fingerprint density at radius 2 is 2.08 bits per heavy atom. The Hall–Kier alpha value is -0.880. The Balaban J connectivity index is 2.39. The van der Waals surface area contributed by atoms with Crippen molar-refractivity contribution in [3.63, 3.8) is 0 Å². The zero-order valence-corrected chi connectivity index (χ0v) is 8.01. The summed E-state index contributed by atoms with van der Waals surface area (Å²) < 4.78 is 0. The Kier molecular flexibility index (Phi) is 3.44. The van der Waals surface area contributed by atoms with Gasteiger partial charge in [-0.15, -0.1) is 0 Å². The van der Waals surface area contributed by atoms with Crippen LogP contribution in [0.25, 0.3) is 0 Å². The van der Waals surface area contributed by atoms with E-state index in [1.165, 1.54) is 0 Å². The molecule has 4 N–H and O–H groups in total. The second-order valence-corrected chi connectivity index (χ2v) is 3.44. The van der Waals surface area contributed by atoms with E-state index < -0.39 is 5.97 Å². The summed E-state index contributed by atoms with van der Waals surface area (Å²) in [5, 5.41) is 9.22. The molecule has 0 bridgehead atoms. The van der Waals surface area contributed by atoms with Gasteiger partial charge in [0.2, 0.25) is 0 Å². The summed E-state index contributed by atoms with van der Waals surface area (Å²) in [6.07, 6.45) is 1.27. The van der Waals surface area contributed by atoms with Crippen LogP contribution in [0.2, 0.25) is 0 Å². The van der Waals surface area contributed by atoms with Crippen LogP contribution in [-0.2, 0) is 4.79 Å². The number of nitrogens with two attached hydrogens (primary N) is 1. The van der Waals surface area contributed by atoms with Gasteiger partial charge in [0.15, 0.2) is 5.11 Å². The molecule has 0 amide bonds. The first kappa shape index (κ1) is 10.2. The Labute approximate surface area is 81.9 Å². The van der Waals surface area contributed by atoms with Gasteiger partial charge in [0.25, 0.3) is 0 Å². The molecule has 1 rings (SSSR count). The SMILES string of the molecule is NNC(=S)N1CCC(C(=O)O)CC1. The van der Waals surface area contributed by atoms with Crippen molar-refractivity contribution in [3.8, 4) is 0 Å². The molecule has 1 fully saturated rings. The van der Waals surface area contributed by atoms with Crippen molar-refractivity contribution < 1.29 is 9.90 Å². The summed E-state index contributed by atoms with van der Waals surface area (Å²) in [5.74, 6) is 4.21. The van der Waals surface area contributed by atoms with Crippen LogP contribution in [-0.4, -0.2) is 34.2 Å². The molecule has 6 heteroatoms. The molecule has 13 heavy (non-hydrogen) atoms. The van der Waals surface area contributed by atoms with Crippen molar-refractivity contribution in [1.29, 1.82) is 0 Å². The van der Waals surface area contributed by atoms with Crippen LogP contribution in [0.3, 0.4) is 0 Å². The third-order valence-corrected chi connectivity index (χ3v) is 2.63. The first-order chi connectivity index (χ1) is 6.15. The van der Waals surface area contributed by atoms with Crippen molar-refractivity contribution in [2.24, 2.45) is 11.8 Å². The summed E-state index contributed by atoms with van der Waals surface area (Å²) in [7, 11) is 0. The van der Waals surface area contributed by atoms with E-state index in [-0.39, 0.29) is 5.92 Å². The summed E-state index contributed by atoms with van der Waals surface area (Å²) in [6, 6.07) is 0. The lowest BCUT2D eigenvalue weighted by Crippen LogP contribution is -2.47. The fourth-order valence-corrected chi connectivity index (χ4v) is 1.60. The fourth-order valence-electron chi connectivity index (χ4n) is 1.42. The second-order valence-electron chi connectivity index (χ2n) is 3.05. The number of carboxylic acids is 1. The van der Waals surface area contributed by atoms with Crippen LogP contribution in [0.1, 0.15) is 12.8 Å². The first-order valence-corrected chi connectivity index (χ1v) is 4.54. The van der Waals surface area contributed by atoms with Gasteiger partial charge < -0.3 is 15.4 Å². The van der Waals surface area contributed by atoms with Crippen LogP contribution >= 0.6 is 12.2 Å². The van der Waals surface area contributed by atoms with E-state index in [4.69, 9.17) is 23.2 Å². The largest absolute Gasteiger partial charge is 0.481 e. The maximum Gasteiger partial charge on any atom is 0.306 e. The number of carbonyl (C=O) groups is 1. The number of hydrogen-bond donors (Lipinski definition) is 3. The normalized spacial score (nSPS) is 18.4. The fraction of sp³-hybridized carbons (Fsp3) is 0.714. The molecular weight excluding hydrogens is 190 g/mol. The third kappa shape index (κ3) is 2.53. The molecule has 1 aliphatic rings. The van der Waals surface area contributed by atoms with Gasteiger partial charge in [-0.3, -0.25) is 4.79 Å². The number of nitrogens with one attached hydrogen (secondary N) is 1. The number of likely N-dealkylation sites (tertiary alicyclic amines) is 1. The van der Waals surface area contributed by atoms with Crippen molar-refractivity contribution in [2.45, 2.75) is 12.8 Å². The van der Waals surface area contributed by atoms with E-state index in [0.717, 1.165) is 0 Å². The lowest BCUT2D eigenvalue weighted by atomic mass is 9.97. The number of hydrazine groups is 1. The zero-order valence-electron chi connectivity index (χ0n) is 7.19.